The van der Waals surface area contributed by atoms with Gasteiger partial charge in [0.25, 0.3) is 0 Å². The Morgan fingerprint density at radius 1 is 1.41 bits per heavy atom. The lowest BCUT2D eigenvalue weighted by molar-refractivity contribution is -0.122. The number of nitrogens with one attached hydrogen (secondary N) is 1. The van der Waals surface area contributed by atoms with Crippen molar-refractivity contribution in [1.29, 1.82) is 0 Å². The van der Waals surface area contributed by atoms with Gasteiger partial charge in [0.1, 0.15) is 0 Å². The smallest absolute Gasteiger partial charge is 0.243 e. The number of rotatable bonds is 5. The van der Waals surface area contributed by atoms with Crippen LogP contribution in [0.5, 0.6) is 0 Å². The zero-order valence-corrected chi connectivity index (χ0v) is 10.1. The van der Waals surface area contributed by atoms with E-state index in [1.54, 1.807) is 6.21 Å². The summed E-state index contributed by atoms with van der Waals surface area (Å²) in [5, 5.41) is 3.95. The highest BCUT2D eigenvalue weighted by Crippen LogP contribution is 2.28. The van der Waals surface area contributed by atoms with Crippen molar-refractivity contribution in [1.82, 2.24) is 5.43 Å². The van der Waals surface area contributed by atoms with Crippen LogP contribution in [-0.2, 0) is 11.2 Å². The first-order valence-corrected chi connectivity index (χ1v) is 6.21. The van der Waals surface area contributed by atoms with Crippen molar-refractivity contribution in [2.24, 2.45) is 11.0 Å². The van der Waals surface area contributed by atoms with Crippen LogP contribution in [0.2, 0.25) is 0 Å². The summed E-state index contributed by atoms with van der Waals surface area (Å²) in [5.74, 6) is 0.253. The highest BCUT2D eigenvalue weighted by Gasteiger charge is 2.29. The van der Waals surface area contributed by atoms with E-state index in [4.69, 9.17) is 0 Å². The van der Waals surface area contributed by atoms with E-state index >= 15 is 0 Å². The molecule has 3 heteroatoms. The first-order chi connectivity index (χ1) is 8.29. The standard InChI is InChI=1S/C14H18N2O/c1-2-3-11-4-6-12(7-5-11)10-15-16-14(17)13-8-9-13/h4-7,10,13H,2-3,8-9H2,1H3,(H,16,17)/b15-10+. The van der Waals surface area contributed by atoms with Crippen LogP contribution >= 0.6 is 0 Å². The van der Waals surface area contributed by atoms with E-state index in [9.17, 15) is 4.79 Å². The van der Waals surface area contributed by atoms with Crippen LogP contribution in [0.3, 0.4) is 0 Å². The normalized spacial score (nSPS) is 15.1. The first-order valence-electron chi connectivity index (χ1n) is 6.21. The summed E-state index contributed by atoms with van der Waals surface area (Å²) in [4.78, 5) is 11.3. The fourth-order valence-electron chi connectivity index (χ4n) is 1.67. The summed E-state index contributed by atoms with van der Waals surface area (Å²) in [7, 11) is 0. The molecule has 0 aliphatic heterocycles. The highest BCUT2D eigenvalue weighted by molar-refractivity contribution is 5.84. The van der Waals surface area contributed by atoms with Crippen LogP contribution in [-0.4, -0.2) is 12.1 Å². The number of benzene rings is 1. The van der Waals surface area contributed by atoms with Crippen molar-refractivity contribution >= 4 is 12.1 Å². The maximum absolute atomic E-state index is 11.3. The van der Waals surface area contributed by atoms with E-state index in [0.717, 1.165) is 31.2 Å². The average molecular weight is 230 g/mol. The minimum atomic E-state index is 0.0452. The van der Waals surface area contributed by atoms with E-state index in [2.05, 4.69) is 29.6 Å². The van der Waals surface area contributed by atoms with Gasteiger partial charge in [-0.2, -0.15) is 5.10 Å². The Hall–Kier alpha value is -1.64. The summed E-state index contributed by atoms with van der Waals surface area (Å²) >= 11 is 0. The molecule has 1 aliphatic carbocycles. The molecule has 1 aliphatic rings. The van der Waals surface area contributed by atoms with Crippen LogP contribution in [0.4, 0.5) is 0 Å². The van der Waals surface area contributed by atoms with Gasteiger partial charge in [-0.3, -0.25) is 4.79 Å². The number of carbonyl (C=O) groups excluding carboxylic acids is 1. The molecule has 1 fully saturated rings. The number of hydrogen-bond donors (Lipinski definition) is 1. The summed E-state index contributed by atoms with van der Waals surface area (Å²) in [6.07, 6.45) is 5.97. The third kappa shape index (κ3) is 3.70. The highest BCUT2D eigenvalue weighted by atomic mass is 16.2. The largest absolute Gasteiger partial charge is 0.273 e. The van der Waals surface area contributed by atoms with Gasteiger partial charge < -0.3 is 0 Å². The maximum atomic E-state index is 11.3. The molecule has 0 unspecified atom stereocenters. The second-order valence-electron chi connectivity index (χ2n) is 4.50. The van der Waals surface area contributed by atoms with Crippen LogP contribution in [0, 0.1) is 5.92 Å². The van der Waals surface area contributed by atoms with Gasteiger partial charge in [0, 0.05) is 5.92 Å². The van der Waals surface area contributed by atoms with Crippen LogP contribution < -0.4 is 5.43 Å². The Morgan fingerprint density at radius 2 is 2.12 bits per heavy atom. The Morgan fingerprint density at radius 3 is 2.71 bits per heavy atom. The van der Waals surface area contributed by atoms with E-state index < -0.39 is 0 Å². The molecular weight excluding hydrogens is 212 g/mol. The molecule has 0 heterocycles. The quantitative estimate of drug-likeness (QED) is 0.613. The Balaban J connectivity index is 1.84. The second kappa shape index (κ2) is 5.62. The molecule has 2 rings (SSSR count). The molecule has 1 saturated carbocycles. The summed E-state index contributed by atoms with van der Waals surface area (Å²) < 4.78 is 0. The minimum absolute atomic E-state index is 0.0452. The molecule has 0 atom stereocenters. The Kier molecular flexibility index (Phi) is 3.91. The van der Waals surface area contributed by atoms with Crippen LogP contribution in [0.1, 0.15) is 37.3 Å². The summed E-state index contributed by atoms with van der Waals surface area (Å²) in [5.41, 5.74) is 4.92. The number of nitrogens with zero attached hydrogens (tertiary/aromatic N) is 1. The molecule has 1 N–H and O–H groups in total. The van der Waals surface area contributed by atoms with Gasteiger partial charge in [-0.25, -0.2) is 5.43 Å². The lowest BCUT2D eigenvalue weighted by Gasteiger charge is -1.99. The molecule has 0 aromatic heterocycles. The van der Waals surface area contributed by atoms with Gasteiger partial charge in [-0.1, -0.05) is 37.6 Å². The van der Waals surface area contributed by atoms with E-state index in [0.29, 0.717) is 0 Å². The van der Waals surface area contributed by atoms with Crippen molar-refractivity contribution < 1.29 is 4.79 Å². The molecule has 0 radical (unpaired) electrons. The second-order valence-corrected chi connectivity index (χ2v) is 4.50. The maximum Gasteiger partial charge on any atom is 0.243 e. The third-order valence-electron chi connectivity index (χ3n) is 2.85. The monoisotopic (exact) mass is 230 g/mol. The molecule has 1 aromatic rings. The zero-order valence-electron chi connectivity index (χ0n) is 10.1. The Labute approximate surface area is 102 Å². The van der Waals surface area contributed by atoms with E-state index in [1.807, 2.05) is 12.1 Å². The zero-order chi connectivity index (χ0) is 12.1. The molecule has 0 saturated heterocycles. The summed E-state index contributed by atoms with van der Waals surface area (Å²) in [6.45, 7) is 2.17. The van der Waals surface area contributed by atoms with Gasteiger partial charge in [-0.15, -0.1) is 0 Å². The molecule has 0 spiro atoms. The van der Waals surface area contributed by atoms with Gasteiger partial charge in [-0.05, 0) is 30.4 Å². The number of carbonyl (C=O) groups is 1. The van der Waals surface area contributed by atoms with Gasteiger partial charge >= 0.3 is 0 Å². The van der Waals surface area contributed by atoms with Crippen molar-refractivity contribution in [2.75, 3.05) is 0 Å². The van der Waals surface area contributed by atoms with Crippen molar-refractivity contribution in [2.45, 2.75) is 32.6 Å². The van der Waals surface area contributed by atoms with Gasteiger partial charge in [0.15, 0.2) is 0 Å². The van der Waals surface area contributed by atoms with E-state index in [-0.39, 0.29) is 11.8 Å². The molecule has 1 amide bonds. The average Bonchev–Trinajstić information content (AvgIpc) is 3.15. The van der Waals surface area contributed by atoms with Gasteiger partial charge in [0.05, 0.1) is 6.21 Å². The van der Waals surface area contributed by atoms with E-state index in [1.165, 1.54) is 5.56 Å². The van der Waals surface area contributed by atoms with Gasteiger partial charge in [0.2, 0.25) is 5.91 Å². The lowest BCUT2D eigenvalue weighted by atomic mass is 10.1. The minimum Gasteiger partial charge on any atom is -0.273 e. The lowest BCUT2D eigenvalue weighted by Crippen LogP contribution is -2.18. The van der Waals surface area contributed by atoms with Crippen molar-refractivity contribution in [3.8, 4) is 0 Å². The molecule has 90 valence electrons. The van der Waals surface area contributed by atoms with Crippen LogP contribution in [0.25, 0.3) is 0 Å². The number of amides is 1. The molecule has 3 nitrogen and oxygen atoms in total. The number of hydrogen-bond acceptors (Lipinski definition) is 2. The molecule has 17 heavy (non-hydrogen) atoms. The fourth-order valence-corrected chi connectivity index (χ4v) is 1.67. The predicted molar refractivity (Wildman–Crippen MR) is 68.9 cm³/mol. The van der Waals surface area contributed by atoms with Crippen LogP contribution in [0.15, 0.2) is 29.4 Å². The summed E-state index contributed by atoms with van der Waals surface area (Å²) in [6, 6.07) is 8.26. The first kappa shape index (κ1) is 11.8. The fraction of sp³-hybridized carbons (Fsp3) is 0.429. The molecular formula is C14H18N2O. The predicted octanol–water partition coefficient (Wildman–Crippen LogP) is 2.50. The molecule has 1 aromatic carbocycles. The Bertz CT molecular complexity index is 405. The SMILES string of the molecule is CCCc1ccc(/C=N/NC(=O)C2CC2)cc1. The third-order valence-corrected chi connectivity index (χ3v) is 2.85. The van der Waals surface area contributed by atoms with Crippen molar-refractivity contribution in [3.05, 3.63) is 35.4 Å². The van der Waals surface area contributed by atoms with Crippen molar-refractivity contribution in [3.63, 3.8) is 0 Å². The molecule has 0 bridgehead atoms. The topological polar surface area (TPSA) is 41.5 Å². The number of aryl methyl sites for hydroxylation is 1. The number of hydrazone groups is 1.